The summed E-state index contributed by atoms with van der Waals surface area (Å²) in [7, 11) is 0. The van der Waals surface area contributed by atoms with Crippen molar-refractivity contribution in [3.63, 3.8) is 0 Å². The lowest BCUT2D eigenvalue weighted by molar-refractivity contribution is -0.121. The highest BCUT2D eigenvalue weighted by Gasteiger charge is 2.16. The van der Waals surface area contributed by atoms with Gasteiger partial charge in [0.25, 0.3) is 5.56 Å². The highest BCUT2D eigenvalue weighted by molar-refractivity contribution is 7.25. The zero-order valence-corrected chi connectivity index (χ0v) is 16.8. The molecule has 148 valence electrons. The third-order valence-corrected chi connectivity index (χ3v) is 5.79. The van der Waals surface area contributed by atoms with Gasteiger partial charge in [-0.25, -0.2) is 14.4 Å². The summed E-state index contributed by atoms with van der Waals surface area (Å²) >= 11 is 1.29. The predicted molar refractivity (Wildman–Crippen MR) is 112 cm³/mol. The molecule has 4 rings (SSSR count). The first-order valence-electron chi connectivity index (χ1n) is 9.20. The molecule has 0 unspecified atom stereocenters. The van der Waals surface area contributed by atoms with Gasteiger partial charge >= 0.3 is 0 Å². The molecule has 0 aliphatic carbocycles. The Kier molecular flexibility index (Phi) is 5.10. The Morgan fingerprint density at radius 1 is 1.28 bits per heavy atom. The maximum absolute atomic E-state index is 13.6. The Morgan fingerprint density at radius 2 is 2.07 bits per heavy atom. The standard InChI is InChI=1S/C21H19FN4O2S/c1-12-9-13(2)25-20-17(12)18-19(29-20)21(28)26(11-24-18)10-16(27)23-8-7-14-5-3-4-6-15(14)22/h3-6,9,11H,7-8,10H2,1-2H3,(H,23,27). The Hall–Kier alpha value is -3.13. The zero-order valence-electron chi connectivity index (χ0n) is 16.0. The van der Waals surface area contributed by atoms with E-state index in [0.717, 1.165) is 21.5 Å². The van der Waals surface area contributed by atoms with E-state index >= 15 is 0 Å². The highest BCUT2D eigenvalue weighted by atomic mass is 32.1. The molecular formula is C21H19FN4O2S. The molecule has 29 heavy (non-hydrogen) atoms. The van der Waals surface area contributed by atoms with Crippen LogP contribution in [0.1, 0.15) is 16.8 Å². The van der Waals surface area contributed by atoms with Crippen LogP contribution >= 0.6 is 11.3 Å². The first kappa shape index (κ1) is 19.2. The molecule has 0 spiro atoms. The molecule has 0 bridgehead atoms. The van der Waals surface area contributed by atoms with E-state index in [9.17, 15) is 14.0 Å². The summed E-state index contributed by atoms with van der Waals surface area (Å²) in [5.41, 5.74) is 2.80. The Morgan fingerprint density at radius 3 is 2.86 bits per heavy atom. The minimum absolute atomic E-state index is 0.140. The van der Waals surface area contributed by atoms with Crippen LogP contribution in [0.25, 0.3) is 20.4 Å². The Bertz CT molecular complexity index is 1300. The average Bonchev–Trinajstić information content (AvgIpc) is 3.05. The molecule has 6 nitrogen and oxygen atoms in total. The molecule has 0 aliphatic heterocycles. The minimum Gasteiger partial charge on any atom is -0.354 e. The summed E-state index contributed by atoms with van der Waals surface area (Å²) in [6, 6.07) is 8.41. The van der Waals surface area contributed by atoms with Crippen molar-refractivity contribution in [2.75, 3.05) is 6.54 Å². The number of pyridine rings is 1. The number of halogens is 1. The van der Waals surface area contributed by atoms with Gasteiger partial charge in [-0.1, -0.05) is 18.2 Å². The van der Waals surface area contributed by atoms with Crippen molar-refractivity contribution in [2.24, 2.45) is 0 Å². The molecule has 3 aromatic heterocycles. The molecule has 4 aromatic rings. The van der Waals surface area contributed by atoms with E-state index in [4.69, 9.17) is 0 Å². The first-order valence-corrected chi connectivity index (χ1v) is 10.0. The fraction of sp³-hybridized carbons (Fsp3) is 0.238. The molecule has 1 aromatic carbocycles. The van der Waals surface area contributed by atoms with Crippen molar-refractivity contribution in [1.82, 2.24) is 19.9 Å². The number of amides is 1. The quantitative estimate of drug-likeness (QED) is 0.548. The van der Waals surface area contributed by atoms with Gasteiger partial charge in [0.15, 0.2) is 0 Å². The lowest BCUT2D eigenvalue weighted by atomic mass is 10.1. The molecule has 1 N–H and O–H groups in total. The van der Waals surface area contributed by atoms with E-state index in [-0.39, 0.29) is 30.4 Å². The Labute approximate surface area is 170 Å². The lowest BCUT2D eigenvalue weighted by Gasteiger charge is -2.08. The van der Waals surface area contributed by atoms with Gasteiger partial charge in [-0.05, 0) is 43.5 Å². The van der Waals surface area contributed by atoms with Crippen LogP contribution < -0.4 is 10.9 Å². The van der Waals surface area contributed by atoms with Gasteiger partial charge in [0.05, 0.1) is 11.8 Å². The number of hydrogen-bond donors (Lipinski definition) is 1. The van der Waals surface area contributed by atoms with E-state index in [1.807, 2.05) is 19.9 Å². The van der Waals surface area contributed by atoms with Crippen molar-refractivity contribution < 1.29 is 9.18 Å². The number of carbonyl (C=O) groups excluding carboxylic acids is 1. The monoisotopic (exact) mass is 410 g/mol. The summed E-state index contributed by atoms with van der Waals surface area (Å²) in [5, 5.41) is 3.61. The molecule has 0 aliphatic rings. The maximum atomic E-state index is 13.6. The van der Waals surface area contributed by atoms with Gasteiger partial charge in [-0.3, -0.25) is 14.2 Å². The molecule has 0 radical (unpaired) electrons. The van der Waals surface area contributed by atoms with Gasteiger partial charge in [0, 0.05) is 17.6 Å². The summed E-state index contributed by atoms with van der Waals surface area (Å²) in [5.74, 6) is -0.618. The van der Waals surface area contributed by atoms with Crippen molar-refractivity contribution >= 4 is 37.7 Å². The number of rotatable bonds is 5. The number of thiophene rings is 1. The van der Waals surface area contributed by atoms with Crippen LogP contribution in [0.4, 0.5) is 4.39 Å². The summed E-state index contributed by atoms with van der Waals surface area (Å²) in [6.45, 7) is 4.03. The zero-order chi connectivity index (χ0) is 20.5. The second kappa shape index (κ2) is 7.71. The number of aromatic nitrogens is 3. The maximum Gasteiger partial charge on any atom is 0.271 e. The molecule has 0 saturated heterocycles. The first-order chi connectivity index (χ1) is 13.9. The predicted octanol–water partition coefficient (Wildman–Crippen LogP) is 3.12. The van der Waals surface area contributed by atoms with E-state index < -0.39 is 0 Å². The lowest BCUT2D eigenvalue weighted by Crippen LogP contribution is -2.33. The number of nitrogens with one attached hydrogen (secondary N) is 1. The topological polar surface area (TPSA) is 76.9 Å². The number of aryl methyl sites for hydroxylation is 2. The van der Waals surface area contributed by atoms with Crippen LogP contribution in [0.3, 0.4) is 0 Å². The molecule has 0 saturated carbocycles. The van der Waals surface area contributed by atoms with Crippen molar-refractivity contribution in [1.29, 1.82) is 0 Å². The number of benzene rings is 1. The summed E-state index contributed by atoms with van der Waals surface area (Å²) in [6.07, 6.45) is 1.78. The van der Waals surface area contributed by atoms with Crippen molar-refractivity contribution in [3.8, 4) is 0 Å². The normalized spacial score (nSPS) is 11.3. The van der Waals surface area contributed by atoms with Crippen LogP contribution in [0.15, 0.2) is 41.5 Å². The third kappa shape index (κ3) is 3.75. The van der Waals surface area contributed by atoms with E-state index in [2.05, 4.69) is 15.3 Å². The minimum atomic E-state index is -0.323. The molecule has 0 atom stereocenters. The van der Waals surface area contributed by atoms with E-state index in [0.29, 0.717) is 22.2 Å². The van der Waals surface area contributed by atoms with Gasteiger partial charge in [0.1, 0.15) is 21.9 Å². The number of carbonyl (C=O) groups is 1. The van der Waals surface area contributed by atoms with Crippen molar-refractivity contribution in [2.45, 2.75) is 26.8 Å². The summed E-state index contributed by atoms with van der Waals surface area (Å²) in [4.78, 5) is 34.8. The summed E-state index contributed by atoms with van der Waals surface area (Å²) < 4.78 is 15.4. The van der Waals surface area contributed by atoms with E-state index in [1.54, 1.807) is 18.2 Å². The van der Waals surface area contributed by atoms with E-state index in [1.165, 1.54) is 28.3 Å². The molecular weight excluding hydrogens is 391 g/mol. The SMILES string of the molecule is Cc1cc(C)c2c(n1)sc1c(=O)n(CC(=O)NCCc3ccccc3F)cnc12. The smallest absolute Gasteiger partial charge is 0.271 e. The van der Waals surface area contributed by atoms with Gasteiger partial charge in [-0.2, -0.15) is 0 Å². The van der Waals surface area contributed by atoms with Crippen LogP contribution in [0.5, 0.6) is 0 Å². The fourth-order valence-corrected chi connectivity index (χ4v) is 4.56. The van der Waals surface area contributed by atoms with Gasteiger partial charge < -0.3 is 5.32 Å². The molecule has 1 amide bonds. The van der Waals surface area contributed by atoms with Crippen LogP contribution in [0.2, 0.25) is 0 Å². The fourth-order valence-electron chi connectivity index (χ4n) is 3.36. The van der Waals surface area contributed by atoms with Crippen LogP contribution in [-0.2, 0) is 17.8 Å². The Balaban J connectivity index is 1.52. The number of hydrogen-bond acceptors (Lipinski definition) is 5. The molecule has 8 heteroatoms. The number of fused-ring (bicyclic) bond motifs is 3. The van der Waals surface area contributed by atoms with Crippen molar-refractivity contribution in [3.05, 3.63) is 69.7 Å². The highest BCUT2D eigenvalue weighted by Crippen LogP contribution is 2.31. The third-order valence-electron chi connectivity index (χ3n) is 4.73. The number of nitrogens with zero attached hydrogens (tertiary/aromatic N) is 3. The van der Waals surface area contributed by atoms with Gasteiger partial charge in [-0.15, -0.1) is 11.3 Å². The average molecular weight is 410 g/mol. The molecule has 0 fully saturated rings. The molecule has 3 heterocycles. The largest absolute Gasteiger partial charge is 0.354 e. The van der Waals surface area contributed by atoms with Crippen LogP contribution in [0, 0.1) is 19.7 Å². The van der Waals surface area contributed by atoms with Gasteiger partial charge in [0.2, 0.25) is 5.91 Å². The second-order valence-corrected chi connectivity index (χ2v) is 7.91. The second-order valence-electron chi connectivity index (χ2n) is 6.91. The van der Waals surface area contributed by atoms with Crippen LogP contribution in [-0.4, -0.2) is 27.0 Å².